The van der Waals surface area contributed by atoms with E-state index >= 15 is 0 Å². The van der Waals surface area contributed by atoms with Gasteiger partial charge in [0, 0.05) is 47.5 Å². The van der Waals surface area contributed by atoms with Crippen molar-refractivity contribution in [2.45, 2.75) is 0 Å². The van der Waals surface area contributed by atoms with Crippen LogP contribution in [0, 0.1) is 0 Å². The molecule has 0 saturated carbocycles. The standard InChI is InChI=1S/C9H8N2.Na/c1-2-4-8(5-3-1)9-10-6-7-11-9;/h1-7H,(H,10,11);. The molecule has 0 atom stereocenters. The van der Waals surface area contributed by atoms with E-state index < -0.39 is 0 Å². The molecule has 0 aliphatic heterocycles. The van der Waals surface area contributed by atoms with E-state index in [-0.39, 0.29) is 29.6 Å². The summed E-state index contributed by atoms with van der Waals surface area (Å²) in [7, 11) is 0. The second-order valence-corrected chi connectivity index (χ2v) is 2.30. The average molecular weight is 167 g/mol. The Morgan fingerprint density at radius 2 is 1.83 bits per heavy atom. The Balaban J connectivity index is 0.000000720. The molecule has 0 aliphatic rings. The molecule has 1 aromatic heterocycles. The zero-order chi connectivity index (χ0) is 7.52. The molecule has 55 valence electrons. The Bertz CT molecular complexity index is 316. The second-order valence-electron chi connectivity index (χ2n) is 2.30. The Morgan fingerprint density at radius 1 is 1.08 bits per heavy atom. The molecule has 1 heterocycles. The van der Waals surface area contributed by atoms with Crippen molar-refractivity contribution < 1.29 is 0 Å². The number of benzene rings is 1. The fourth-order valence-electron chi connectivity index (χ4n) is 1.02. The van der Waals surface area contributed by atoms with Gasteiger partial charge in [-0.25, -0.2) is 4.98 Å². The molecule has 0 saturated heterocycles. The summed E-state index contributed by atoms with van der Waals surface area (Å²) < 4.78 is 0. The topological polar surface area (TPSA) is 28.7 Å². The van der Waals surface area contributed by atoms with Gasteiger partial charge in [-0.3, -0.25) is 0 Å². The SMILES string of the molecule is [Na].c1ccc(-c2ncc[nH]2)cc1. The third-order valence-electron chi connectivity index (χ3n) is 1.55. The number of aromatic nitrogens is 2. The van der Waals surface area contributed by atoms with Gasteiger partial charge >= 0.3 is 0 Å². The van der Waals surface area contributed by atoms with E-state index in [2.05, 4.69) is 9.97 Å². The van der Waals surface area contributed by atoms with Crippen molar-refractivity contribution >= 4 is 29.6 Å². The van der Waals surface area contributed by atoms with Gasteiger partial charge in [0.25, 0.3) is 0 Å². The molecule has 0 amide bonds. The van der Waals surface area contributed by atoms with E-state index in [0.29, 0.717) is 0 Å². The van der Waals surface area contributed by atoms with Crippen molar-refractivity contribution in [2.75, 3.05) is 0 Å². The molecule has 2 nitrogen and oxygen atoms in total. The molecular weight excluding hydrogens is 159 g/mol. The van der Waals surface area contributed by atoms with Gasteiger partial charge in [0.05, 0.1) is 0 Å². The molecule has 1 aromatic carbocycles. The predicted molar refractivity (Wildman–Crippen MR) is 49.8 cm³/mol. The monoisotopic (exact) mass is 167 g/mol. The Morgan fingerprint density at radius 3 is 2.42 bits per heavy atom. The molecule has 0 aliphatic carbocycles. The average Bonchev–Trinajstić information content (AvgIpc) is 2.58. The molecule has 0 fully saturated rings. The van der Waals surface area contributed by atoms with E-state index in [9.17, 15) is 0 Å². The molecular formula is C9H8N2Na. The summed E-state index contributed by atoms with van der Waals surface area (Å²) in [5.41, 5.74) is 1.12. The van der Waals surface area contributed by atoms with Gasteiger partial charge in [-0.1, -0.05) is 30.3 Å². The van der Waals surface area contributed by atoms with Crippen LogP contribution in [0.2, 0.25) is 0 Å². The van der Waals surface area contributed by atoms with Crippen molar-refractivity contribution in [1.82, 2.24) is 9.97 Å². The van der Waals surface area contributed by atoms with Crippen LogP contribution < -0.4 is 0 Å². The first-order chi connectivity index (χ1) is 5.47. The number of H-pyrrole nitrogens is 1. The number of imidazole rings is 1. The third-order valence-corrected chi connectivity index (χ3v) is 1.55. The number of nitrogens with zero attached hydrogens (tertiary/aromatic N) is 1. The first-order valence-electron chi connectivity index (χ1n) is 3.51. The largest absolute Gasteiger partial charge is 0.345 e. The molecule has 1 N–H and O–H groups in total. The van der Waals surface area contributed by atoms with Crippen LogP contribution in [0.5, 0.6) is 0 Å². The summed E-state index contributed by atoms with van der Waals surface area (Å²) >= 11 is 0. The van der Waals surface area contributed by atoms with Crippen LogP contribution in [0.25, 0.3) is 11.4 Å². The Kier molecular flexibility index (Phi) is 3.53. The maximum atomic E-state index is 4.13. The number of hydrogen-bond donors (Lipinski definition) is 1. The van der Waals surface area contributed by atoms with Crippen molar-refractivity contribution in [3.8, 4) is 11.4 Å². The van der Waals surface area contributed by atoms with Gasteiger partial charge in [0.1, 0.15) is 5.82 Å². The van der Waals surface area contributed by atoms with Crippen molar-refractivity contribution in [3.05, 3.63) is 42.7 Å². The molecule has 0 bridgehead atoms. The van der Waals surface area contributed by atoms with Crippen LogP contribution in [0.15, 0.2) is 42.7 Å². The minimum absolute atomic E-state index is 0. The number of hydrogen-bond acceptors (Lipinski definition) is 1. The van der Waals surface area contributed by atoms with Crippen molar-refractivity contribution in [3.63, 3.8) is 0 Å². The van der Waals surface area contributed by atoms with Gasteiger partial charge in [-0.15, -0.1) is 0 Å². The second kappa shape index (κ2) is 4.45. The van der Waals surface area contributed by atoms with Gasteiger partial charge in [-0.2, -0.15) is 0 Å². The summed E-state index contributed by atoms with van der Waals surface area (Å²) in [6.07, 6.45) is 3.57. The number of rotatable bonds is 1. The maximum Gasteiger partial charge on any atom is 0.137 e. The van der Waals surface area contributed by atoms with Crippen LogP contribution in [-0.4, -0.2) is 39.5 Å². The summed E-state index contributed by atoms with van der Waals surface area (Å²) in [5, 5.41) is 0. The molecule has 12 heavy (non-hydrogen) atoms. The van der Waals surface area contributed by atoms with Crippen LogP contribution in [0.1, 0.15) is 0 Å². The van der Waals surface area contributed by atoms with Crippen LogP contribution in [0.4, 0.5) is 0 Å². The predicted octanol–water partition coefficient (Wildman–Crippen LogP) is 1.70. The van der Waals surface area contributed by atoms with E-state index in [1.54, 1.807) is 6.20 Å². The molecule has 3 heteroatoms. The van der Waals surface area contributed by atoms with E-state index in [0.717, 1.165) is 11.4 Å². The van der Waals surface area contributed by atoms with Crippen LogP contribution in [-0.2, 0) is 0 Å². The molecule has 0 unspecified atom stereocenters. The summed E-state index contributed by atoms with van der Waals surface area (Å²) in [6, 6.07) is 10.0. The molecule has 0 spiro atoms. The van der Waals surface area contributed by atoms with Crippen LogP contribution >= 0.6 is 0 Å². The normalized spacial score (nSPS) is 9.00. The van der Waals surface area contributed by atoms with Gasteiger partial charge in [0.15, 0.2) is 0 Å². The van der Waals surface area contributed by atoms with Gasteiger partial charge < -0.3 is 4.98 Å². The number of aromatic amines is 1. The zero-order valence-corrected chi connectivity index (χ0v) is 8.99. The van der Waals surface area contributed by atoms with E-state index in [1.165, 1.54) is 0 Å². The van der Waals surface area contributed by atoms with Crippen molar-refractivity contribution in [1.29, 1.82) is 0 Å². The van der Waals surface area contributed by atoms with E-state index in [4.69, 9.17) is 0 Å². The summed E-state index contributed by atoms with van der Waals surface area (Å²) in [4.78, 5) is 7.17. The Hall–Kier alpha value is -0.570. The first kappa shape index (κ1) is 9.52. The van der Waals surface area contributed by atoms with Crippen LogP contribution in [0.3, 0.4) is 0 Å². The fourth-order valence-corrected chi connectivity index (χ4v) is 1.02. The molecule has 1 radical (unpaired) electrons. The van der Waals surface area contributed by atoms with Crippen molar-refractivity contribution in [2.24, 2.45) is 0 Å². The number of nitrogens with one attached hydrogen (secondary N) is 1. The zero-order valence-electron chi connectivity index (χ0n) is 6.99. The quantitative estimate of drug-likeness (QED) is 0.643. The summed E-state index contributed by atoms with van der Waals surface area (Å²) in [5.74, 6) is 0.922. The molecule has 2 aromatic rings. The fraction of sp³-hybridized carbons (Fsp3) is 0. The minimum Gasteiger partial charge on any atom is -0.345 e. The third kappa shape index (κ3) is 1.97. The maximum absolute atomic E-state index is 4.13. The van der Waals surface area contributed by atoms with E-state index in [1.807, 2.05) is 36.5 Å². The first-order valence-corrected chi connectivity index (χ1v) is 3.51. The van der Waals surface area contributed by atoms with Gasteiger partial charge in [0.2, 0.25) is 0 Å². The smallest absolute Gasteiger partial charge is 0.137 e. The van der Waals surface area contributed by atoms with Gasteiger partial charge in [-0.05, 0) is 0 Å². The molecule has 2 rings (SSSR count). The Labute approximate surface area is 93.3 Å². The summed E-state index contributed by atoms with van der Waals surface area (Å²) in [6.45, 7) is 0. The minimum atomic E-state index is 0.